The van der Waals surface area contributed by atoms with E-state index in [1.165, 1.54) is 5.56 Å². The Hall–Kier alpha value is -1.68. The number of hydrogen-bond acceptors (Lipinski definition) is 4. The van der Waals surface area contributed by atoms with Gasteiger partial charge in [0.25, 0.3) is 5.89 Å². The summed E-state index contributed by atoms with van der Waals surface area (Å²) in [6, 6.07) is 6.18. The summed E-state index contributed by atoms with van der Waals surface area (Å²) >= 11 is 0. The second kappa shape index (κ2) is 4.67. The van der Waals surface area contributed by atoms with Crippen LogP contribution in [-0.4, -0.2) is 16.7 Å². The molecule has 0 saturated heterocycles. The van der Waals surface area contributed by atoms with Crippen LogP contribution in [0, 0.1) is 13.8 Å². The van der Waals surface area contributed by atoms with Gasteiger partial charge in [0, 0.05) is 18.0 Å². The Morgan fingerprint density at radius 2 is 2.12 bits per heavy atom. The third-order valence-corrected chi connectivity index (χ3v) is 2.86. The molecule has 2 rings (SSSR count). The molecule has 0 fully saturated rings. The smallest absolute Gasteiger partial charge is 0.258 e. The van der Waals surface area contributed by atoms with E-state index in [4.69, 9.17) is 10.3 Å². The molecule has 1 aromatic carbocycles. The molecular weight excluding hydrogens is 214 g/mol. The maximum absolute atomic E-state index is 5.58. The monoisotopic (exact) mass is 231 g/mol. The Balaban J connectivity index is 2.40. The Morgan fingerprint density at radius 3 is 2.82 bits per heavy atom. The number of nitrogens with zero attached hydrogens (tertiary/aromatic N) is 2. The molecule has 0 saturated carbocycles. The second-order valence-electron chi connectivity index (χ2n) is 4.41. The van der Waals surface area contributed by atoms with E-state index in [0.29, 0.717) is 18.3 Å². The molecule has 1 aromatic heterocycles. The van der Waals surface area contributed by atoms with E-state index in [1.807, 2.05) is 20.8 Å². The van der Waals surface area contributed by atoms with Gasteiger partial charge >= 0.3 is 0 Å². The van der Waals surface area contributed by atoms with Gasteiger partial charge in [0.2, 0.25) is 0 Å². The number of benzene rings is 1. The van der Waals surface area contributed by atoms with Crippen LogP contribution in [0.15, 0.2) is 22.7 Å². The second-order valence-corrected chi connectivity index (χ2v) is 4.41. The van der Waals surface area contributed by atoms with Crippen LogP contribution in [0.1, 0.15) is 29.8 Å². The van der Waals surface area contributed by atoms with Crippen molar-refractivity contribution in [1.29, 1.82) is 0 Å². The van der Waals surface area contributed by atoms with Gasteiger partial charge in [-0.05, 0) is 25.5 Å². The highest BCUT2D eigenvalue weighted by atomic mass is 16.5. The van der Waals surface area contributed by atoms with Crippen molar-refractivity contribution in [3.63, 3.8) is 0 Å². The first-order valence-electron chi connectivity index (χ1n) is 5.73. The van der Waals surface area contributed by atoms with Crippen LogP contribution in [0.25, 0.3) is 11.5 Å². The van der Waals surface area contributed by atoms with Gasteiger partial charge in [-0.2, -0.15) is 4.98 Å². The van der Waals surface area contributed by atoms with Crippen molar-refractivity contribution in [3.8, 4) is 11.5 Å². The molecule has 0 bridgehead atoms. The predicted octanol–water partition coefficient (Wildman–Crippen LogP) is 2.42. The minimum absolute atomic E-state index is 0.123. The lowest BCUT2D eigenvalue weighted by Gasteiger charge is -2.02. The maximum atomic E-state index is 5.58. The average Bonchev–Trinajstić information content (AvgIpc) is 2.80. The quantitative estimate of drug-likeness (QED) is 0.881. The Bertz CT molecular complexity index is 519. The fourth-order valence-corrected chi connectivity index (χ4v) is 1.62. The standard InChI is InChI=1S/C13H17N3O/c1-8-4-5-9(2)11(6-8)13-15-12(16-17-13)10(3)7-14/h4-6,10H,7,14H2,1-3H3. The average molecular weight is 231 g/mol. The fraction of sp³-hybridized carbons (Fsp3) is 0.385. The molecule has 2 aromatic rings. The first-order chi connectivity index (χ1) is 8.11. The van der Waals surface area contributed by atoms with Crippen molar-refractivity contribution >= 4 is 0 Å². The summed E-state index contributed by atoms with van der Waals surface area (Å²) in [5, 5.41) is 3.97. The van der Waals surface area contributed by atoms with E-state index in [9.17, 15) is 0 Å². The lowest BCUT2D eigenvalue weighted by atomic mass is 10.1. The minimum Gasteiger partial charge on any atom is -0.334 e. The highest BCUT2D eigenvalue weighted by Crippen LogP contribution is 2.24. The Morgan fingerprint density at radius 1 is 1.35 bits per heavy atom. The van der Waals surface area contributed by atoms with Crippen LogP contribution in [0.4, 0.5) is 0 Å². The van der Waals surface area contributed by atoms with Crippen molar-refractivity contribution in [2.45, 2.75) is 26.7 Å². The van der Waals surface area contributed by atoms with Crippen LogP contribution in [-0.2, 0) is 0 Å². The molecule has 1 unspecified atom stereocenters. The van der Waals surface area contributed by atoms with Gasteiger partial charge < -0.3 is 10.3 Å². The zero-order chi connectivity index (χ0) is 12.4. The number of nitrogens with two attached hydrogens (primary N) is 1. The van der Waals surface area contributed by atoms with Crippen molar-refractivity contribution in [3.05, 3.63) is 35.2 Å². The first kappa shape index (κ1) is 11.8. The molecule has 4 nitrogen and oxygen atoms in total. The summed E-state index contributed by atoms with van der Waals surface area (Å²) < 4.78 is 5.29. The molecule has 2 N–H and O–H groups in total. The first-order valence-corrected chi connectivity index (χ1v) is 5.73. The number of rotatable bonds is 3. The van der Waals surface area contributed by atoms with Gasteiger partial charge in [-0.25, -0.2) is 0 Å². The summed E-state index contributed by atoms with van der Waals surface area (Å²) in [4.78, 5) is 4.40. The predicted molar refractivity (Wildman–Crippen MR) is 66.7 cm³/mol. The molecule has 0 aliphatic carbocycles. The number of aryl methyl sites for hydroxylation is 2. The van der Waals surface area contributed by atoms with Crippen molar-refractivity contribution in [2.24, 2.45) is 5.73 Å². The van der Waals surface area contributed by atoms with Gasteiger partial charge in [-0.3, -0.25) is 0 Å². The summed E-state index contributed by atoms with van der Waals surface area (Å²) in [5.41, 5.74) is 8.89. The van der Waals surface area contributed by atoms with Crippen molar-refractivity contribution in [2.75, 3.05) is 6.54 Å². The van der Waals surface area contributed by atoms with E-state index in [0.717, 1.165) is 11.1 Å². The summed E-state index contributed by atoms with van der Waals surface area (Å²) in [7, 11) is 0. The highest BCUT2D eigenvalue weighted by Gasteiger charge is 2.14. The van der Waals surface area contributed by atoms with E-state index >= 15 is 0 Å². The summed E-state index contributed by atoms with van der Waals surface area (Å²) in [6.07, 6.45) is 0. The summed E-state index contributed by atoms with van der Waals surface area (Å²) in [5.74, 6) is 1.36. The Labute approximate surface area is 101 Å². The molecule has 0 radical (unpaired) electrons. The zero-order valence-electron chi connectivity index (χ0n) is 10.4. The maximum Gasteiger partial charge on any atom is 0.258 e. The SMILES string of the molecule is Cc1ccc(C)c(-c2nc(C(C)CN)no2)c1. The van der Waals surface area contributed by atoms with Crippen molar-refractivity contribution < 1.29 is 4.52 Å². The van der Waals surface area contributed by atoms with Gasteiger partial charge in [-0.15, -0.1) is 0 Å². The minimum atomic E-state index is 0.123. The molecule has 1 atom stereocenters. The van der Waals surface area contributed by atoms with Gasteiger partial charge in [0.15, 0.2) is 5.82 Å². The van der Waals surface area contributed by atoms with Crippen LogP contribution >= 0.6 is 0 Å². The molecule has 0 aliphatic rings. The van der Waals surface area contributed by atoms with Gasteiger partial charge in [0.1, 0.15) is 0 Å². The van der Waals surface area contributed by atoms with Crippen LogP contribution < -0.4 is 5.73 Å². The molecule has 1 heterocycles. The lowest BCUT2D eigenvalue weighted by Crippen LogP contribution is -2.10. The van der Waals surface area contributed by atoms with E-state index in [1.54, 1.807) is 0 Å². The zero-order valence-corrected chi connectivity index (χ0v) is 10.4. The largest absolute Gasteiger partial charge is 0.334 e. The molecule has 4 heteroatoms. The van der Waals surface area contributed by atoms with Gasteiger partial charge in [0.05, 0.1) is 0 Å². The molecule has 0 spiro atoms. The summed E-state index contributed by atoms with van der Waals surface area (Å²) in [6.45, 7) is 6.58. The number of aromatic nitrogens is 2. The molecule has 17 heavy (non-hydrogen) atoms. The normalized spacial score (nSPS) is 12.7. The van der Waals surface area contributed by atoms with Crippen LogP contribution in [0.5, 0.6) is 0 Å². The Kier molecular flexibility index (Phi) is 3.24. The van der Waals surface area contributed by atoms with E-state index < -0.39 is 0 Å². The molecule has 90 valence electrons. The third-order valence-electron chi connectivity index (χ3n) is 2.86. The topological polar surface area (TPSA) is 64.9 Å². The van der Waals surface area contributed by atoms with E-state index in [-0.39, 0.29) is 5.92 Å². The van der Waals surface area contributed by atoms with Crippen LogP contribution in [0.3, 0.4) is 0 Å². The fourth-order valence-electron chi connectivity index (χ4n) is 1.62. The van der Waals surface area contributed by atoms with Crippen molar-refractivity contribution in [1.82, 2.24) is 10.1 Å². The molecular formula is C13H17N3O. The van der Waals surface area contributed by atoms with Gasteiger partial charge in [-0.1, -0.05) is 29.8 Å². The molecule has 0 amide bonds. The third kappa shape index (κ3) is 2.36. The van der Waals surface area contributed by atoms with Crippen LogP contribution in [0.2, 0.25) is 0 Å². The lowest BCUT2D eigenvalue weighted by molar-refractivity contribution is 0.417. The highest BCUT2D eigenvalue weighted by molar-refractivity contribution is 5.59. The van der Waals surface area contributed by atoms with E-state index in [2.05, 4.69) is 28.3 Å². The number of hydrogen-bond donors (Lipinski definition) is 1. The molecule has 0 aliphatic heterocycles.